The molecule has 0 radical (unpaired) electrons. The maximum absolute atomic E-state index is 6.33. The predicted octanol–water partition coefficient (Wildman–Crippen LogP) is 4.04. The van der Waals surface area contributed by atoms with E-state index in [4.69, 9.17) is 16.3 Å². The average Bonchev–Trinajstić information content (AvgIpc) is 3.07. The Hall–Kier alpha value is -0.880. The van der Waals surface area contributed by atoms with Crippen molar-refractivity contribution >= 4 is 22.9 Å². The van der Waals surface area contributed by atoms with Crippen molar-refractivity contribution in [2.24, 2.45) is 0 Å². The van der Waals surface area contributed by atoms with E-state index in [2.05, 4.69) is 28.5 Å². The molecule has 4 heterocycles. The minimum Gasteiger partial charge on any atom is -0.369 e. The normalized spacial score (nSPS) is 30.8. The summed E-state index contributed by atoms with van der Waals surface area (Å²) in [6, 6.07) is 2.77. The van der Waals surface area contributed by atoms with Crippen LogP contribution >= 0.6 is 22.9 Å². The van der Waals surface area contributed by atoms with Crippen molar-refractivity contribution in [2.45, 2.75) is 51.3 Å². The number of rotatable bonds is 1. The average molecular weight is 340 g/mol. The molecule has 1 spiro atoms. The highest BCUT2D eigenvalue weighted by atomic mass is 35.5. The monoisotopic (exact) mass is 339 g/mol. The largest absolute Gasteiger partial charge is 0.369 e. The van der Waals surface area contributed by atoms with Crippen LogP contribution in [0.25, 0.3) is 0 Å². The Labute approximate surface area is 140 Å². The first-order valence-electron chi connectivity index (χ1n) is 7.34. The minimum absolute atomic E-state index is 0. The van der Waals surface area contributed by atoms with E-state index in [0.29, 0.717) is 6.04 Å². The van der Waals surface area contributed by atoms with Gasteiger partial charge in [0.15, 0.2) is 0 Å². The van der Waals surface area contributed by atoms with Crippen molar-refractivity contribution in [3.05, 3.63) is 38.8 Å². The molecule has 0 bridgehead atoms. The number of fused-ring (bicyclic) bond motifs is 2. The molecule has 1 saturated heterocycles. The van der Waals surface area contributed by atoms with Gasteiger partial charge in [-0.15, -0.1) is 11.3 Å². The van der Waals surface area contributed by atoms with Gasteiger partial charge >= 0.3 is 0 Å². The predicted molar refractivity (Wildman–Crippen MR) is 90.6 cm³/mol. The van der Waals surface area contributed by atoms with Gasteiger partial charge in [-0.25, -0.2) is 0 Å². The summed E-state index contributed by atoms with van der Waals surface area (Å²) in [6.45, 7) is 3.01. The second-order valence-electron chi connectivity index (χ2n) is 6.06. The van der Waals surface area contributed by atoms with Crippen LogP contribution in [0.1, 0.15) is 49.2 Å². The molecule has 0 amide bonds. The highest BCUT2D eigenvalue weighted by Crippen LogP contribution is 2.49. The summed E-state index contributed by atoms with van der Waals surface area (Å²) in [7, 11) is 0. The first-order chi connectivity index (χ1) is 10.2. The molecule has 2 aromatic heterocycles. The van der Waals surface area contributed by atoms with Gasteiger partial charge in [-0.1, -0.05) is 19.0 Å². The molecule has 4 rings (SSSR count). The molecule has 1 fully saturated rings. The fourth-order valence-electron chi connectivity index (χ4n) is 3.73. The van der Waals surface area contributed by atoms with E-state index in [1.54, 1.807) is 11.3 Å². The third kappa shape index (κ3) is 2.60. The van der Waals surface area contributed by atoms with Gasteiger partial charge < -0.3 is 10.1 Å². The van der Waals surface area contributed by atoms with Crippen molar-refractivity contribution in [1.82, 2.24) is 15.5 Å². The Kier molecular flexibility index (Phi) is 4.34. The highest BCUT2D eigenvalue weighted by molar-refractivity contribution is 7.16. The second-order valence-corrected chi connectivity index (χ2v) is 7.74. The van der Waals surface area contributed by atoms with Gasteiger partial charge in [0.25, 0.3) is 0 Å². The van der Waals surface area contributed by atoms with E-state index in [1.165, 1.54) is 16.0 Å². The van der Waals surface area contributed by atoms with E-state index in [9.17, 15) is 0 Å². The summed E-state index contributed by atoms with van der Waals surface area (Å²) in [6.07, 6.45) is 6.76. The van der Waals surface area contributed by atoms with E-state index in [-0.39, 0.29) is 19.1 Å². The van der Waals surface area contributed by atoms with Crippen molar-refractivity contribution in [3.63, 3.8) is 0 Å². The van der Waals surface area contributed by atoms with Crippen molar-refractivity contribution in [1.29, 1.82) is 0 Å². The third-order valence-electron chi connectivity index (χ3n) is 4.52. The molecule has 2 N–H and O–H groups in total. The zero-order chi connectivity index (χ0) is 14.4. The van der Waals surface area contributed by atoms with E-state index in [1.807, 2.05) is 12.4 Å². The van der Waals surface area contributed by atoms with Crippen LogP contribution in [0.15, 0.2) is 18.5 Å². The Morgan fingerprint density at radius 3 is 3.09 bits per heavy atom. The van der Waals surface area contributed by atoms with Crippen LogP contribution in [-0.2, 0) is 16.8 Å². The SMILES string of the molecule is C.C[C@H]1C[C@@]2(C[C@@H](c3cn[nH]c3)N1)OCCc1cc(Cl)sc12. The number of aromatic nitrogens is 2. The second kappa shape index (κ2) is 5.96. The summed E-state index contributed by atoms with van der Waals surface area (Å²) in [5.41, 5.74) is 2.37. The number of halogens is 1. The lowest BCUT2D eigenvalue weighted by Gasteiger charge is -2.46. The maximum atomic E-state index is 6.33. The molecule has 0 saturated carbocycles. The molecule has 6 heteroatoms. The number of aromatic amines is 1. The highest BCUT2D eigenvalue weighted by Gasteiger charge is 2.46. The number of nitrogens with zero attached hydrogens (tertiary/aromatic N) is 1. The molecule has 0 aliphatic carbocycles. The molecule has 0 unspecified atom stereocenters. The molecule has 4 nitrogen and oxygen atoms in total. The van der Waals surface area contributed by atoms with Crippen molar-refractivity contribution < 1.29 is 4.74 Å². The molecular weight excluding hydrogens is 318 g/mol. The summed E-state index contributed by atoms with van der Waals surface area (Å²) < 4.78 is 7.20. The van der Waals surface area contributed by atoms with Gasteiger partial charge in [0, 0.05) is 35.1 Å². The Morgan fingerprint density at radius 1 is 1.45 bits per heavy atom. The molecule has 3 atom stereocenters. The van der Waals surface area contributed by atoms with Crippen LogP contribution in [0.4, 0.5) is 0 Å². The lowest BCUT2D eigenvalue weighted by molar-refractivity contribution is -0.0954. The van der Waals surface area contributed by atoms with Crippen LogP contribution in [0.5, 0.6) is 0 Å². The number of hydrogen-bond donors (Lipinski definition) is 2. The maximum Gasteiger partial charge on any atom is 0.106 e. The van der Waals surface area contributed by atoms with Crippen molar-refractivity contribution in [3.8, 4) is 0 Å². The zero-order valence-corrected chi connectivity index (χ0v) is 13.4. The van der Waals surface area contributed by atoms with Crippen LogP contribution in [0.2, 0.25) is 4.34 Å². The number of piperidine rings is 1. The third-order valence-corrected chi connectivity index (χ3v) is 6.01. The van der Waals surface area contributed by atoms with Crippen molar-refractivity contribution in [2.75, 3.05) is 6.61 Å². The Morgan fingerprint density at radius 2 is 2.32 bits per heavy atom. The lowest BCUT2D eigenvalue weighted by Crippen LogP contribution is -2.49. The van der Waals surface area contributed by atoms with Crippen LogP contribution in [-0.4, -0.2) is 22.8 Å². The smallest absolute Gasteiger partial charge is 0.106 e. The number of ether oxygens (including phenoxy) is 1. The number of nitrogens with one attached hydrogen (secondary N) is 2. The van der Waals surface area contributed by atoms with Gasteiger partial charge in [0.2, 0.25) is 0 Å². The molecular formula is C16H22ClN3OS. The summed E-state index contributed by atoms with van der Waals surface area (Å²) in [5.74, 6) is 0. The number of hydrogen-bond acceptors (Lipinski definition) is 4. The van der Waals surface area contributed by atoms with E-state index < -0.39 is 0 Å². The van der Waals surface area contributed by atoms with Gasteiger partial charge in [-0.2, -0.15) is 5.10 Å². The molecule has 0 aromatic carbocycles. The summed E-state index contributed by atoms with van der Waals surface area (Å²) in [4.78, 5) is 1.33. The molecule has 2 aliphatic rings. The van der Waals surface area contributed by atoms with Gasteiger partial charge in [0.1, 0.15) is 5.60 Å². The molecule has 2 aliphatic heterocycles. The number of H-pyrrole nitrogens is 1. The molecule has 22 heavy (non-hydrogen) atoms. The first kappa shape index (κ1) is 16.0. The quantitative estimate of drug-likeness (QED) is 0.824. The molecule has 2 aromatic rings. The zero-order valence-electron chi connectivity index (χ0n) is 11.9. The summed E-state index contributed by atoms with van der Waals surface area (Å²) in [5, 5.41) is 10.6. The first-order valence-corrected chi connectivity index (χ1v) is 8.53. The van der Waals surface area contributed by atoms with Crippen LogP contribution < -0.4 is 5.32 Å². The van der Waals surface area contributed by atoms with Crippen LogP contribution in [0, 0.1) is 0 Å². The topological polar surface area (TPSA) is 49.9 Å². The fourth-order valence-corrected chi connectivity index (χ4v) is 5.19. The van der Waals surface area contributed by atoms with Gasteiger partial charge in [-0.05, 0) is 31.4 Å². The lowest BCUT2D eigenvalue weighted by atomic mass is 9.78. The standard InChI is InChI=1S/C15H18ClN3OS.CH4/c1-9-5-15(6-12(19-9)11-7-17-18-8-11)14-10(2-3-20-15)4-13(16)21-14;/h4,7-9,12,19H,2-3,5-6H2,1H3,(H,17,18);1H4/t9-,12-,15-;/m0./s1. The van der Waals surface area contributed by atoms with E-state index >= 15 is 0 Å². The molecule has 120 valence electrons. The Bertz CT molecular complexity index is 642. The Balaban J connectivity index is 0.00000144. The van der Waals surface area contributed by atoms with Gasteiger partial charge in [-0.3, -0.25) is 5.10 Å². The van der Waals surface area contributed by atoms with Crippen LogP contribution in [0.3, 0.4) is 0 Å². The van der Waals surface area contributed by atoms with E-state index in [0.717, 1.165) is 30.2 Å². The number of thiophene rings is 1. The minimum atomic E-state index is -0.196. The summed E-state index contributed by atoms with van der Waals surface area (Å²) >= 11 is 7.94. The fraction of sp³-hybridized carbons (Fsp3) is 0.562. The van der Waals surface area contributed by atoms with Gasteiger partial charge in [0.05, 0.1) is 17.1 Å².